The third-order valence-corrected chi connectivity index (χ3v) is 11.4. The molecule has 1 aliphatic carbocycles. The van der Waals surface area contributed by atoms with Crippen LogP contribution in [0.2, 0.25) is 0 Å². The van der Waals surface area contributed by atoms with Gasteiger partial charge in [0, 0.05) is 30.7 Å². The van der Waals surface area contributed by atoms with E-state index in [4.69, 9.17) is 28.5 Å². The summed E-state index contributed by atoms with van der Waals surface area (Å²) in [4.78, 5) is 32.9. The van der Waals surface area contributed by atoms with Crippen LogP contribution in [0, 0.1) is 17.8 Å². The Bertz CT molecular complexity index is 1630. The summed E-state index contributed by atoms with van der Waals surface area (Å²) in [6.07, 6.45) is 8.81. The Balaban J connectivity index is 1.39. The molecule has 11 nitrogen and oxygen atoms in total. The summed E-state index contributed by atoms with van der Waals surface area (Å²) in [5.41, 5.74) is 0.535. The predicted molar refractivity (Wildman–Crippen MR) is 193 cm³/mol. The van der Waals surface area contributed by atoms with Gasteiger partial charge in [-0.25, -0.2) is 4.79 Å². The Morgan fingerprint density at radius 2 is 1.87 bits per heavy atom. The number of esters is 2. The van der Waals surface area contributed by atoms with Gasteiger partial charge < -0.3 is 38.7 Å². The smallest absolute Gasteiger partial charge is 0.361 e. The van der Waals surface area contributed by atoms with Gasteiger partial charge in [0.1, 0.15) is 43.0 Å². The van der Waals surface area contributed by atoms with E-state index < -0.39 is 53.7 Å². The quantitative estimate of drug-likeness (QED) is 0.174. The maximum absolute atomic E-state index is 14.1. The van der Waals surface area contributed by atoms with E-state index in [9.17, 15) is 19.8 Å². The van der Waals surface area contributed by atoms with Crippen LogP contribution < -0.4 is 0 Å². The Hall–Kier alpha value is -3.61. The molecule has 11 heteroatoms. The van der Waals surface area contributed by atoms with Crippen molar-refractivity contribution < 1.29 is 48.3 Å². The zero-order valence-electron chi connectivity index (χ0n) is 31.0. The van der Waals surface area contributed by atoms with Crippen molar-refractivity contribution in [1.29, 1.82) is 0 Å². The number of hydrogen-bond acceptors (Lipinski definition) is 11. The van der Waals surface area contributed by atoms with Crippen LogP contribution in [-0.4, -0.2) is 89.6 Å². The SMILES string of the molecule is CC[C@H]1OC2(CC[C@@H]1C)C[C@@H]1C[C@@H](C/C=C(\C)[C@H](OC(=O)/C(=N/OC)c3ccccc3)[C@@H](C)/C=C/C=C3\COC4[C@@H](O)C(C)=CC(C(=O)O1)[C@]34O)O2. The minimum atomic E-state index is -1.84. The van der Waals surface area contributed by atoms with Crippen LogP contribution in [0.25, 0.3) is 0 Å². The molecular weight excluding hydrogens is 666 g/mol. The lowest BCUT2D eigenvalue weighted by atomic mass is 9.71. The van der Waals surface area contributed by atoms with Gasteiger partial charge in [-0.2, -0.15) is 0 Å². The van der Waals surface area contributed by atoms with Gasteiger partial charge in [0.2, 0.25) is 0 Å². The van der Waals surface area contributed by atoms with Crippen molar-refractivity contribution in [2.75, 3.05) is 13.7 Å². The fraction of sp³-hybridized carbons (Fsp3) is 0.585. The summed E-state index contributed by atoms with van der Waals surface area (Å²) < 4.78 is 32.0. The van der Waals surface area contributed by atoms with Gasteiger partial charge in [-0.05, 0) is 55.7 Å². The molecule has 5 aliphatic rings. The largest absolute Gasteiger partial charge is 0.462 e. The van der Waals surface area contributed by atoms with Crippen LogP contribution in [-0.2, 0) is 38.1 Å². The molecule has 3 unspecified atom stereocenters. The van der Waals surface area contributed by atoms with Crippen molar-refractivity contribution in [1.82, 2.24) is 0 Å². The van der Waals surface area contributed by atoms with Crippen LogP contribution >= 0.6 is 0 Å². The van der Waals surface area contributed by atoms with Crippen LogP contribution in [0.15, 0.2) is 82.6 Å². The second kappa shape index (κ2) is 15.8. The molecule has 1 spiro atoms. The van der Waals surface area contributed by atoms with Crippen LogP contribution in [0.5, 0.6) is 0 Å². The molecule has 3 saturated heterocycles. The van der Waals surface area contributed by atoms with Gasteiger partial charge in [-0.15, -0.1) is 0 Å². The molecular formula is C41H53NO10. The summed E-state index contributed by atoms with van der Waals surface area (Å²) in [5, 5.41) is 27.4. The Kier molecular flexibility index (Phi) is 11.6. The molecule has 2 N–H and O–H groups in total. The number of oxime groups is 1. The first-order chi connectivity index (χ1) is 24.9. The Morgan fingerprint density at radius 1 is 1.10 bits per heavy atom. The molecule has 0 aromatic heterocycles. The van der Waals surface area contributed by atoms with Gasteiger partial charge in [0.25, 0.3) is 0 Å². The van der Waals surface area contributed by atoms with E-state index in [0.717, 1.165) is 18.4 Å². The highest BCUT2D eigenvalue weighted by Gasteiger charge is 2.60. The molecule has 1 aromatic rings. The minimum absolute atomic E-state index is 0.00166. The topological polar surface area (TPSA) is 142 Å². The number of aliphatic hydroxyl groups is 2. The highest BCUT2D eigenvalue weighted by atomic mass is 16.7. The maximum Gasteiger partial charge on any atom is 0.361 e. The summed E-state index contributed by atoms with van der Waals surface area (Å²) in [7, 11) is 1.38. The minimum Gasteiger partial charge on any atom is -0.462 e. The van der Waals surface area contributed by atoms with Gasteiger partial charge >= 0.3 is 11.9 Å². The lowest BCUT2D eigenvalue weighted by molar-refractivity contribution is -0.335. The van der Waals surface area contributed by atoms with Crippen LogP contribution in [0.3, 0.4) is 0 Å². The summed E-state index contributed by atoms with van der Waals surface area (Å²) in [6.45, 7) is 9.88. The third-order valence-electron chi connectivity index (χ3n) is 11.4. The van der Waals surface area contributed by atoms with Crippen molar-refractivity contribution in [3.05, 3.63) is 83.0 Å². The van der Waals surface area contributed by atoms with Gasteiger partial charge in [0.05, 0.1) is 18.8 Å². The average molecular weight is 720 g/mol. The number of allylic oxidation sites excluding steroid dienone is 2. The fourth-order valence-corrected chi connectivity index (χ4v) is 8.43. The van der Waals surface area contributed by atoms with Crippen molar-refractivity contribution in [2.45, 2.75) is 121 Å². The summed E-state index contributed by atoms with van der Waals surface area (Å²) in [5.74, 6) is -3.24. The second-order valence-corrected chi connectivity index (χ2v) is 15.1. The molecule has 4 aliphatic heterocycles. The first-order valence-electron chi connectivity index (χ1n) is 18.6. The molecule has 0 saturated carbocycles. The van der Waals surface area contributed by atoms with Crippen LogP contribution in [0.1, 0.15) is 78.7 Å². The standard InChI is InChI=1S/C41H53NO10/c1-7-33-24(2)18-19-40(52-33)22-31-21-30(51-40)17-16-26(4)36(50-39(45)34(42-47-6)28-13-9-8-10-14-28)25(3)12-11-15-29-23-48-37-35(43)27(5)20-32(38(44)49-31)41(29,37)46/h8-16,20,24-25,30-33,35-37,43,46H,7,17-19,21-23H2,1-6H3/b12-11+,26-16+,29-15+,42-34+/t24-,25-,30+,31-,32?,33+,35-,36+,37?,40?,41+/m0/s1. The lowest BCUT2D eigenvalue weighted by Gasteiger charge is -2.50. The molecule has 0 radical (unpaired) electrons. The van der Waals surface area contributed by atoms with E-state index >= 15 is 0 Å². The molecule has 1 aromatic carbocycles. The number of rotatable bonds is 5. The fourth-order valence-electron chi connectivity index (χ4n) is 8.43. The van der Waals surface area contributed by atoms with E-state index in [0.29, 0.717) is 48.3 Å². The zero-order valence-corrected chi connectivity index (χ0v) is 31.0. The first kappa shape index (κ1) is 38.1. The highest BCUT2D eigenvalue weighted by molar-refractivity contribution is 6.43. The highest BCUT2D eigenvalue weighted by Crippen LogP contribution is 2.47. The molecule has 3 fully saturated rings. The van der Waals surface area contributed by atoms with Gasteiger partial charge in [-0.1, -0.05) is 86.6 Å². The van der Waals surface area contributed by atoms with E-state index in [1.165, 1.54) is 7.11 Å². The van der Waals surface area contributed by atoms with Crippen LogP contribution in [0.4, 0.5) is 0 Å². The number of carbonyl (C=O) groups is 2. The number of ether oxygens (including phenoxy) is 5. The van der Waals surface area contributed by atoms with E-state index in [2.05, 4.69) is 19.0 Å². The monoisotopic (exact) mass is 719 g/mol. The predicted octanol–water partition coefficient (Wildman–Crippen LogP) is 5.50. The molecule has 52 heavy (non-hydrogen) atoms. The molecule has 4 heterocycles. The maximum atomic E-state index is 14.1. The van der Waals surface area contributed by atoms with Crippen molar-refractivity contribution in [3.63, 3.8) is 0 Å². The average Bonchev–Trinajstić information content (AvgIpc) is 3.47. The van der Waals surface area contributed by atoms with E-state index in [1.807, 2.05) is 44.2 Å². The molecule has 0 amide bonds. The molecule has 6 rings (SSSR count). The Labute approximate surface area is 306 Å². The molecule has 2 bridgehead atoms. The third kappa shape index (κ3) is 7.57. The second-order valence-electron chi connectivity index (χ2n) is 15.1. The normalized spacial score (nSPS) is 41.0. The number of carbonyl (C=O) groups excluding carboxylic acids is 2. The van der Waals surface area contributed by atoms with Crippen molar-refractivity contribution >= 4 is 17.7 Å². The van der Waals surface area contributed by atoms with Crippen molar-refractivity contribution in [3.8, 4) is 0 Å². The molecule has 282 valence electrons. The number of hydrogen-bond donors (Lipinski definition) is 2. The number of aliphatic hydroxyl groups excluding tert-OH is 1. The first-order valence-corrected chi connectivity index (χ1v) is 18.6. The zero-order chi connectivity index (χ0) is 37.2. The van der Waals surface area contributed by atoms with Gasteiger partial charge in [-0.3, -0.25) is 4.79 Å². The number of benzene rings is 1. The number of nitrogens with zero attached hydrogens (tertiary/aromatic N) is 1. The van der Waals surface area contributed by atoms with E-state index in [-0.39, 0.29) is 30.4 Å². The number of fused-ring (bicyclic) bond motifs is 2. The Morgan fingerprint density at radius 3 is 2.60 bits per heavy atom. The van der Waals surface area contributed by atoms with E-state index in [1.54, 1.807) is 37.3 Å². The summed E-state index contributed by atoms with van der Waals surface area (Å²) in [6, 6.07) is 9.00. The lowest BCUT2D eigenvalue weighted by Crippen LogP contribution is -2.58. The summed E-state index contributed by atoms with van der Waals surface area (Å²) >= 11 is 0. The van der Waals surface area contributed by atoms with Crippen molar-refractivity contribution in [2.24, 2.45) is 22.9 Å². The van der Waals surface area contributed by atoms with Gasteiger partial charge in [0.15, 0.2) is 11.5 Å². The molecule has 11 atom stereocenters.